The Morgan fingerprint density at radius 2 is 1.76 bits per heavy atom. The van der Waals surface area contributed by atoms with Crippen LogP contribution in [-0.4, -0.2) is 11.7 Å². The Morgan fingerprint density at radius 1 is 1.10 bits per heavy atom. The summed E-state index contributed by atoms with van der Waals surface area (Å²) in [6.07, 6.45) is 0.354. The molecule has 0 saturated heterocycles. The lowest BCUT2D eigenvalue weighted by Crippen LogP contribution is -2.14. The van der Waals surface area contributed by atoms with Crippen LogP contribution in [0.4, 0.5) is 10.1 Å². The number of amides is 1. The molecule has 110 valence electrons. The SMILES string of the molecule is Cc1cccc(C)c1NC(=O)CCSc1ccccc1F. The van der Waals surface area contributed by atoms with E-state index in [2.05, 4.69) is 5.32 Å². The molecule has 0 fully saturated rings. The van der Waals surface area contributed by atoms with Gasteiger partial charge in [0.25, 0.3) is 0 Å². The number of nitrogens with one attached hydrogen (secondary N) is 1. The molecule has 0 aliphatic rings. The first-order valence-corrected chi connectivity index (χ1v) is 7.80. The number of thioether (sulfide) groups is 1. The first-order valence-electron chi connectivity index (χ1n) is 6.81. The van der Waals surface area contributed by atoms with Gasteiger partial charge in [-0.05, 0) is 37.1 Å². The minimum atomic E-state index is -0.238. The average molecular weight is 303 g/mol. The normalized spacial score (nSPS) is 10.4. The maximum Gasteiger partial charge on any atom is 0.225 e. The minimum Gasteiger partial charge on any atom is -0.326 e. The monoisotopic (exact) mass is 303 g/mol. The Morgan fingerprint density at radius 3 is 2.43 bits per heavy atom. The van der Waals surface area contributed by atoms with Crippen molar-refractivity contribution in [2.45, 2.75) is 25.2 Å². The zero-order chi connectivity index (χ0) is 15.2. The van der Waals surface area contributed by atoms with E-state index in [1.165, 1.54) is 17.8 Å². The van der Waals surface area contributed by atoms with E-state index >= 15 is 0 Å². The van der Waals surface area contributed by atoms with E-state index in [0.29, 0.717) is 17.1 Å². The summed E-state index contributed by atoms with van der Waals surface area (Å²) in [5, 5.41) is 2.93. The van der Waals surface area contributed by atoms with Gasteiger partial charge in [-0.25, -0.2) is 4.39 Å². The fourth-order valence-electron chi connectivity index (χ4n) is 2.03. The number of rotatable bonds is 5. The van der Waals surface area contributed by atoms with E-state index in [4.69, 9.17) is 0 Å². The van der Waals surface area contributed by atoms with E-state index < -0.39 is 0 Å². The molecule has 4 heteroatoms. The van der Waals surface area contributed by atoms with E-state index in [1.54, 1.807) is 18.2 Å². The van der Waals surface area contributed by atoms with Crippen LogP contribution in [0.2, 0.25) is 0 Å². The van der Waals surface area contributed by atoms with E-state index in [1.807, 2.05) is 32.0 Å². The predicted octanol–water partition coefficient (Wildman–Crippen LogP) is 4.56. The quantitative estimate of drug-likeness (QED) is 0.820. The molecular weight excluding hydrogens is 285 g/mol. The van der Waals surface area contributed by atoms with Crippen molar-refractivity contribution in [3.63, 3.8) is 0 Å². The van der Waals surface area contributed by atoms with Crippen LogP contribution in [0.15, 0.2) is 47.4 Å². The van der Waals surface area contributed by atoms with E-state index in [0.717, 1.165) is 16.8 Å². The Labute approximate surface area is 128 Å². The molecule has 0 aliphatic carbocycles. The van der Waals surface area contributed by atoms with Gasteiger partial charge in [0.05, 0.1) is 0 Å². The molecule has 1 amide bonds. The van der Waals surface area contributed by atoms with Gasteiger partial charge in [-0.2, -0.15) is 0 Å². The van der Waals surface area contributed by atoms with Gasteiger partial charge in [0, 0.05) is 22.8 Å². The number of hydrogen-bond acceptors (Lipinski definition) is 2. The number of carbonyl (C=O) groups is 1. The maximum atomic E-state index is 13.4. The molecule has 0 aliphatic heterocycles. The first-order chi connectivity index (χ1) is 10.1. The van der Waals surface area contributed by atoms with Crippen molar-refractivity contribution in [3.05, 3.63) is 59.4 Å². The summed E-state index contributed by atoms with van der Waals surface area (Å²) in [5.41, 5.74) is 2.97. The molecule has 0 radical (unpaired) electrons. The average Bonchev–Trinajstić information content (AvgIpc) is 2.45. The van der Waals surface area contributed by atoms with Gasteiger partial charge in [0.15, 0.2) is 0 Å². The molecule has 0 unspecified atom stereocenters. The summed E-state index contributed by atoms with van der Waals surface area (Å²) in [4.78, 5) is 12.6. The molecule has 21 heavy (non-hydrogen) atoms. The van der Waals surface area contributed by atoms with Crippen molar-refractivity contribution in [2.24, 2.45) is 0 Å². The Kier molecular flexibility index (Phi) is 5.39. The molecule has 2 aromatic carbocycles. The van der Waals surface area contributed by atoms with Crippen LogP contribution in [0.3, 0.4) is 0 Å². The number of anilines is 1. The smallest absolute Gasteiger partial charge is 0.225 e. The molecule has 0 heterocycles. The highest BCUT2D eigenvalue weighted by Crippen LogP contribution is 2.23. The van der Waals surface area contributed by atoms with Gasteiger partial charge in [-0.3, -0.25) is 4.79 Å². The maximum absolute atomic E-state index is 13.4. The van der Waals surface area contributed by atoms with Crippen molar-refractivity contribution < 1.29 is 9.18 Å². The predicted molar refractivity (Wildman–Crippen MR) is 86.3 cm³/mol. The molecule has 0 bridgehead atoms. The third-order valence-electron chi connectivity index (χ3n) is 3.17. The van der Waals surface area contributed by atoms with Crippen molar-refractivity contribution in [1.82, 2.24) is 0 Å². The highest BCUT2D eigenvalue weighted by Gasteiger charge is 2.08. The molecule has 0 atom stereocenters. The summed E-state index contributed by atoms with van der Waals surface area (Å²) in [6, 6.07) is 12.5. The van der Waals surface area contributed by atoms with Crippen LogP contribution in [0, 0.1) is 19.7 Å². The van der Waals surface area contributed by atoms with Gasteiger partial charge in [0.1, 0.15) is 5.82 Å². The van der Waals surface area contributed by atoms with Crippen LogP contribution < -0.4 is 5.32 Å². The molecular formula is C17H18FNOS. The van der Waals surface area contributed by atoms with E-state index in [-0.39, 0.29) is 11.7 Å². The Bertz CT molecular complexity index is 622. The first kappa shape index (κ1) is 15.6. The van der Waals surface area contributed by atoms with Crippen molar-refractivity contribution in [3.8, 4) is 0 Å². The second kappa shape index (κ2) is 7.27. The molecule has 1 N–H and O–H groups in total. The lowest BCUT2D eigenvalue weighted by Gasteiger charge is -2.11. The third kappa shape index (κ3) is 4.33. The minimum absolute atomic E-state index is 0.0451. The molecule has 2 aromatic rings. The number of carbonyl (C=O) groups excluding carboxylic acids is 1. The number of hydrogen-bond donors (Lipinski definition) is 1. The number of aryl methyl sites for hydroxylation is 2. The molecule has 2 rings (SSSR count). The summed E-state index contributed by atoms with van der Waals surface area (Å²) >= 11 is 1.36. The van der Waals surface area contributed by atoms with Gasteiger partial charge >= 0.3 is 0 Å². The topological polar surface area (TPSA) is 29.1 Å². The lowest BCUT2D eigenvalue weighted by molar-refractivity contribution is -0.115. The van der Waals surface area contributed by atoms with Gasteiger partial charge in [-0.15, -0.1) is 11.8 Å². The van der Waals surface area contributed by atoms with Crippen molar-refractivity contribution >= 4 is 23.4 Å². The van der Waals surface area contributed by atoms with Crippen LogP contribution in [-0.2, 0) is 4.79 Å². The number of para-hydroxylation sites is 1. The second-order valence-corrected chi connectivity index (χ2v) is 5.98. The molecule has 0 aromatic heterocycles. The number of benzene rings is 2. The van der Waals surface area contributed by atoms with Gasteiger partial charge in [0.2, 0.25) is 5.91 Å². The van der Waals surface area contributed by atoms with Crippen LogP contribution >= 0.6 is 11.8 Å². The largest absolute Gasteiger partial charge is 0.326 e. The molecule has 0 saturated carbocycles. The highest BCUT2D eigenvalue weighted by molar-refractivity contribution is 7.99. The second-order valence-electron chi connectivity index (χ2n) is 4.84. The Balaban J connectivity index is 1.87. The molecule has 0 spiro atoms. The van der Waals surface area contributed by atoms with Crippen LogP contribution in [0.1, 0.15) is 17.5 Å². The zero-order valence-corrected chi connectivity index (χ0v) is 13.0. The fraction of sp³-hybridized carbons (Fsp3) is 0.235. The van der Waals surface area contributed by atoms with Crippen molar-refractivity contribution in [1.29, 1.82) is 0 Å². The summed E-state index contributed by atoms with van der Waals surface area (Å²) in [6.45, 7) is 3.94. The highest BCUT2D eigenvalue weighted by atomic mass is 32.2. The fourth-order valence-corrected chi connectivity index (χ4v) is 2.92. The van der Waals surface area contributed by atoms with Crippen LogP contribution in [0.25, 0.3) is 0 Å². The lowest BCUT2D eigenvalue weighted by atomic mass is 10.1. The zero-order valence-electron chi connectivity index (χ0n) is 12.2. The number of halogens is 1. The summed E-state index contributed by atoms with van der Waals surface area (Å²) in [7, 11) is 0. The standard InChI is InChI=1S/C17H18FNOS/c1-12-6-5-7-13(2)17(12)19-16(20)10-11-21-15-9-4-3-8-14(15)18/h3-9H,10-11H2,1-2H3,(H,19,20). The molecule has 2 nitrogen and oxygen atoms in total. The van der Waals surface area contributed by atoms with Gasteiger partial charge in [-0.1, -0.05) is 30.3 Å². The summed E-state index contributed by atoms with van der Waals surface area (Å²) < 4.78 is 13.4. The Hall–Kier alpha value is -1.81. The van der Waals surface area contributed by atoms with Crippen LogP contribution in [0.5, 0.6) is 0 Å². The van der Waals surface area contributed by atoms with Crippen molar-refractivity contribution in [2.75, 3.05) is 11.1 Å². The van der Waals surface area contributed by atoms with Gasteiger partial charge < -0.3 is 5.32 Å². The third-order valence-corrected chi connectivity index (χ3v) is 4.22. The summed E-state index contributed by atoms with van der Waals surface area (Å²) in [5.74, 6) is 0.270. The van der Waals surface area contributed by atoms with E-state index in [9.17, 15) is 9.18 Å².